The third kappa shape index (κ3) is 3.14. The lowest BCUT2D eigenvalue weighted by atomic mass is 9.76. The summed E-state index contributed by atoms with van der Waals surface area (Å²) < 4.78 is 13.6. The quantitative estimate of drug-likeness (QED) is 0.332. The number of benzene rings is 3. The monoisotopic (exact) mass is 493 g/mol. The highest BCUT2D eigenvalue weighted by Crippen LogP contribution is 2.65. The summed E-state index contributed by atoms with van der Waals surface area (Å²) in [7, 11) is 0. The van der Waals surface area contributed by atoms with Crippen LogP contribution in [0, 0.1) is 17.9 Å². The standard InChI is InChI=1S/C29H23N3O5/c1-28-23(33)15-29(37-28,13-14-36-19-10-8-18(31-2)9-11-19)25-24(28)26(34)32(27(25)35)22-12-7-17(16-30)20-5-3-4-6-21(20)22/h3-12,23,33-35H,13-15H2,1H3/t23-,28?,29?/m0/s1. The number of nitrogens with zero attached hydrogens (tertiary/aromatic N) is 3. The van der Waals surface area contributed by atoms with E-state index < -0.39 is 17.3 Å². The summed E-state index contributed by atoms with van der Waals surface area (Å²) in [6, 6.07) is 19.6. The molecule has 0 radical (unpaired) electrons. The molecular weight excluding hydrogens is 470 g/mol. The van der Waals surface area contributed by atoms with Crippen molar-refractivity contribution in [1.82, 2.24) is 4.57 Å². The van der Waals surface area contributed by atoms with Gasteiger partial charge in [-0.15, -0.1) is 0 Å². The fourth-order valence-corrected chi connectivity index (χ4v) is 5.88. The number of fused-ring (bicyclic) bond motifs is 6. The van der Waals surface area contributed by atoms with Crippen molar-refractivity contribution in [2.24, 2.45) is 0 Å². The Hall–Kier alpha value is -4.50. The molecule has 0 amide bonds. The Balaban J connectivity index is 1.43. The average Bonchev–Trinajstić information content (AvgIpc) is 3.44. The number of aromatic hydroxyl groups is 2. The van der Waals surface area contributed by atoms with Gasteiger partial charge in [0, 0.05) is 23.6 Å². The summed E-state index contributed by atoms with van der Waals surface area (Å²) in [6.07, 6.45) is -0.332. The number of rotatable bonds is 5. The SMILES string of the molecule is [C-]#[N+]c1ccc(OCCC23C[C@H](O)C(C)(O2)c2c3c(O)n(-c3ccc(C#N)c4ccccc34)c2O)cc1. The molecular formula is C29H23N3O5. The molecule has 3 heterocycles. The van der Waals surface area contributed by atoms with E-state index in [0.29, 0.717) is 51.0 Å². The molecule has 2 aliphatic rings. The number of aliphatic hydroxyl groups is 1. The summed E-state index contributed by atoms with van der Waals surface area (Å²) in [5.74, 6) is 0.220. The second-order valence-electron chi connectivity index (χ2n) is 9.65. The fourth-order valence-electron chi connectivity index (χ4n) is 5.88. The van der Waals surface area contributed by atoms with Crippen molar-refractivity contribution < 1.29 is 24.8 Å². The van der Waals surface area contributed by atoms with Crippen LogP contribution in [0.1, 0.15) is 36.5 Å². The van der Waals surface area contributed by atoms with Crippen LogP contribution in [-0.2, 0) is 15.9 Å². The first kappa shape index (κ1) is 22.9. The van der Waals surface area contributed by atoms with Crippen LogP contribution in [-0.4, -0.2) is 32.6 Å². The Morgan fingerprint density at radius 2 is 1.78 bits per heavy atom. The van der Waals surface area contributed by atoms with E-state index in [9.17, 15) is 20.6 Å². The van der Waals surface area contributed by atoms with Crippen LogP contribution in [0.2, 0.25) is 0 Å². The maximum Gasteiger partial charge on any atom is 0.205 e. The highest BCUT2D eigenvalue weighted by molar-refractivity contribution is 5.95. The average molecular weight is 494 g/mol. The molecule has 0 spiro atoms. The molecule has 8 heteroatoms. The highest BCUT2D eigenvalue weighted by Gasteiger charge is 2.66. The first-order valence-electron chi connectivity index (χ1n) is 11.9. The van der Waals surface area contributed by atoms with Crippen molar-refractivity contribution in [3.63, 3.8) is 0 Å². The van der Waals surface area contributed by atoms with E-state index in [2.05, 4.69) is 10.9 Å². The van der Waals surface area contributed by atoms with Gasteiger partial charge in [-0.25, -0.2) is 4.85 Å². The van der Waals surface area contributed by atoms with Crippen LogP contribution in [0.15, 0.2) is 60.7 Å². The lowest BCUT2D eigenvalue weighted by Crippen LogP contribution is -2.33. The van der Waals surface area contributed by atoms with Crippen LogP contribution in [0.4, 0.5) is 5.69 Å². The molecule has 3 atom stereocenters. The second-order valence-corrected chi connectivity index (χ2v) is 9.65. The molecule has 1 fully saturated rings. The van der Waals surface area contributed by atoms with Gasteiger partial charge in [-0.1, -0.05) is 36.4 Å². The van der Waals surface area contributed by atoms with Crippen LogP contribution in [0.25, 0.3) is 21.3 Å². The van der Waals surface area contributed by atoms with Gasteiger partial charge in [0.05, 0.1) is 47.7 Å². The Kier molecular flexibility index (Phi) is 4.96. The van der Waals surface area contributed by atoms with E-state index in [0.717, 1.165) is 0 Å². The third-order valence-corrected chi connectivity index (χ3v) is 7.64. The molecule has 3 aromatic carbocycles. The fraction of sp³-hybridized carbons (Fsp3) is 0.241. The minimum Gasteiger partial charge on any atom is -0.494 e. The van der Waals surface area contributed by atoms with Crippen molar-refractivity contribution in [2.45, 2.75) is 37.1 Å². The van der Waals surface area contributed by atoms with Crippen LogP contribution < -0.4 is 4.74 Å². The zero-order valence-corrected chi connectivity index (χ0v) is 20.0. The molecule has 0 saturated carbocycles. The molecule has 37 heavy (non-hydrogen) atoms. The van der Waals surface area contributed by atoms with Crippen LogP contribution >= 0.6 is 0 Å². The predicted molar refractivity (Wildman–Crippen MR) is 135 cm³/mol. The van der Waals surface area contributed by atoms with E-state index in [1.165, 1.54) is 4.57 Å². The lowest BCUT2D eigenvalue weighted by Gasteiger charge is -2.26. The lowest BCUT2D eigenvalue weighted by molar-refractivity contribution is -0.107. The number of aromatic nitrogens is 1. The summed E-state index contributed by atoms with van der Waals surface area (Å²) in [6.45, 7) is 9.02. The van der Waals surface area contributed by atoms with Gasteiger partial charge in [-0.2, -0.15) is 5.26 Å². The summed E-state index contributed by atoms with van der Waals surface area (Å²) in [5.41, 5.74) is 0.0553. The Labute approximate surface area is 213 Å². The van der Waals surface area contributed by atoms with E-state index in [-0.39, 0.29) is 24.8 Å². The molecule has 2 bridgehead atoms. The Morgan fingerprint density at radius 3 is 2.49 bits per heavy atom. The largest absolute Gasteiger partial charge is 0.494 e. The van der Waals surface area contributed by atoms with Gasteiger partial charge in [-0.3, -0.25) is 4.57 Å². The molecule has 4 aromatic rings. The van der Waals surface area contributed by atoms with E-state index in [4.69, 9.17) is 16.0 Å². The van der Waals surface area contributed by atoms with Crippen molar-refractivity contribution in [2.75, 3.05) is 6.61 Å². The van der Waals surface area contributed by atoms with Gasteiger partial charge in [-0.05, 0) is 31.2 Å². The molecule has 8 nitrogen and oxygen atoms in total. The molecule has 2 aliphatic heterocycles. The van der Waals surface area contributed by atoms with Crippen LogP contribution in [0.5, 0.6) is 17.5 Å². The number of aliphatic hydroxyl groups excluding tert-OH is 1. The van der Waals surface area contributed by atoms with Gasteiger partial charge in [0.1, 0.15) is 17.0 Å². The number of ether oxygens (including phenoxy) is 2. The van der Waals surface area contributed by atoms with Gasteiger partial charge >= 0.3 is 0 Å². The number of hydrogen-bond donors (Lipinski definition) is 3. The van der Waals surface area contributed by atoms with Crippen molar-refractivity contribution in [3.05, 3.63) is 88.8 Å². The molecule has 2 unspecified atom stereocenters. The molecule has 3 N–H and O–H groups in total. The summed E-state index contributed by atoms with van der Waals surface area (Å²) in [5, 5.41) is 44.9. The second kappa shape index (κ2) is 8.01. The third-order valence-electron chi connectivity index (χ3n) is 7.64. The maximum atomic E-state index is 11.5. The van der Waals surface area contributed by atoms with Gasteiger partial charge in [0.25, 0.3) is 0 Å². The Morgan fingerprint density at radius 1 is 1.08 bits per heavy atom. The Bertz CT molecular complexity index is 1650. The first-order chi connectivity index (χ1) is 17.8. The van der Waals surface area contributed by atoms with Crippen molar-refractivity contribution in [1.29, 1.82) is 5.26 Å². The van der Waals surface area contributed by atoms with E-state index in [1.807, 2.05) is 24.3 Å². The zero-order chi connectivity index (χ0) is 25.9. The van der Waals surface area contributed by atoms with Gasteiger partial charge in [0.15, 0.2) is 5.69 Å². The van der Waals surface area contributed by atoms with E-state index >= 15 is 0 Å². The number of nitriles is 1. The molecule has 0 aliphatic carbocycles. The highest BCUT2D eigenvalue weighted by atomic mass is 16.6. The summed E-state index contributed by atoms with van der Waals surface area (Å²) >= 11 is 0. The number of hydrogen-bond acceptors (Lipinski definition) is 6. The first-order valence-corrected chi connectivity index (χ1v) is 11.9. The smallest absolute Gasteiger partial charge is 0.205 e. The maximum absolute atomic E-state index is 11.5. The topological polar surface area (TPSA) is 112 Å². The molecule has 1 aromatic heterocycles. The molecule has 184 valence electrons. The summed E-state index contributed by atoms with van der Waals surface area (Å²) in [4.78, 5) is 3.38. The van der Waals surface area contributed by atoms with Crippen molar-refractivity contribution >= 4 is 16.5 Å². The van der Waals surface area contributed by atoms with Gasteiger partial charge < -0.3 is 24.8 Å². The predicted octanol–water partition coefficient (Wildman–Crippen LogP) is 5.14. The normalized spacial score (nSPS) is 23.5. The zero-order valence-electron chi connectivity index (χ0n) is 20.0. The molecule has 6 rings (SSSR count). The van der Waals surface area contributed by atoms with Gasteiger partial charge in [0.2, 0.25) is 11.8 Å². The minimum absolute atomic E-state index is 0.167. The minimum atomic E-state index is -1.21. The van der Waals surface area contributed by atoms with Crippen LogP contribution in [0.3, 0.4) is 0 Å². The van der Waals surface area contributed by atoms with E-state index in [1.54, 1.807) is 43.3 Å². The molecule has 1 saturated heterocycles. The van der Waals surface area contributed by atoms with Crippen molar-refractivity contribution in [3.8, 4) is 29.3 Å².